The second-order valence-corrected chi connectivity index (χ2v) is 5.99. The summed E-state index contributed by atoms with van der Waals surface area (Å²) in [6.07, 6.45) is 0. The fourth-order valence-corrected chi connectivity index (χ4v) is 2.23. The predicted molar refractivity (Wildman–Crippen MR) is 78.2 cm³/mol. The Balaban J connectivity index is 2.44. The van der Waals surface area contributed by atoms with Gasteiger partial charge in [0.2, 0.25) is 11.8 Å². The SMILES string of the molecule is Cc1ccc(S[C@@H](C)C(=O)NCC(=O)N(C)C)cc1. The predicted octanol–water partition coefficient (Wildman–Crippen LogP) is 1.68. The molecule has 1 rings (SSSR count). The van der Waals surface area contributed by atoms with E-state index >= 15 is 0 Å². The molecule has 2 amide bonds. The fourth-order valence-electron chi connectivity index (χ4n) is 1.34. The zero-order valence-corrected chi connectivity index (χ0v) is 12.6. The third-order valence-corrected chi connectivity index (χ3v) is 3.73. The third kappa shape index (κ3) is 5.34. The Bertz CT molecular complexity index is 443. The highest BCUT2D eigenvalue weighted by Crippen LogP contribution is 2.23. The molecule has 0 aromatic heterocycles. The summed E-state index contributed by atoms with van der Waals surface area (Å²) in [6, 6.07) is 8.02. The Morgan fingerprint density at radius 2 is 1.84 bits per heavy atom. The van der Waals surface area contributed by atoms with Gasteiger partial charge < -0.3 is 10.2 Å². The highest BCUT2D eigenvalue weighted by molar-refractivity contribution is 8.00. The minimum Gasteiger partial charge on any atom is -0.347 e. The summed E-state index contributed by atoms with van der Waals surface area (Å²) in [5.41, 5.74) is 1.19. The number of amides is 2. The van der Waals surface area contributed by atoms with Gasteiger partial charge in [-0.3, -0.25) is 9.59 Å². The zero-order chi connectivity index (χ0) is 14.4. The van der Waals surface area contributed by atoms with Gasteiger partial charge >= 0.3 is 0 Å². The molecule has 0 spiro atoms. The van der Waals surface area contributed by atoms with Gasteiger partial charge in [-0.25, -0.2) is 0 Å². The Labute approximate surface area is 118 Å². The standard InChI is InChI=1S/C14H20N2O2S/c1-10-5-7-12(8-6-10)19-11(2)14(18)15-9-13(17)16(3)4/h5-8,11H,9H2,1-4H3,(H,15,18)/t11-/m0/s1. The summed E-state index contributed by atoms with van der Waals surface area (Å²) in [4.78, 5) is 25.7. The average molecular weight is 280 g/mol. The number of nitrogens with one attached hydrogen (secondary N) is 1. The lowest BCUT2D eigenvalue weighted by atomic mass is 10.2. The van der Waals surface area contributed by atoms with Gasteiger partial charge in [0.05, 0.1) is 11.8 Å². The number of hydrogen-bond acceptors (Lipinski definition) is 3. The summed E-state index contributed by atoms with van der Waals surface area (Å²) >= 11 is 1.48. The first-order valence-electron chi connectivity index (χ1n) is 6.11. The first kappa shape index (κ1) is 15.6. The molecule has 0 bridgehead atoms. The van der Waals surface area contributed by atoms with E-state index in [1.165, 1.54) is 22.2 Å². The molecule has 0 radical (unpaired) electrons. The van der Waals surface area contributed by atoms with Crippen LogP contribution in [0.4, 0.5) is 0 Å². The zero-order valence-electron chi connectivity index (χ0n) is 11.8. The summed E-state index contributed by atoms with van der Waals surface area (Å²) < 4.78 is 0. The maximum Gasteiger partial charge on any atom is 0.241 e. The molecule has 1 aromatic rings. The summed E-state index contributed by atoms with van der Waals surface area (Å²) in [6.45, 7) is 3.90. The number of nitrogens with zero attached hydrogens (tertiary/aromatic N) is 1. The van der Waals surface area contributed by atoms with Crippen LogP contribution in [0.1, 0.15) is 12.5 Å². The highest BCUT2D eigenvalue weighted by atomic mass is 32.2. The molecule has 1 aromatic carbocycles. The molecular formula is C14H20N2O2S. The van der Waals surface area contributed by atoms with Crippen molar-refractivity contribution in [2.75, 3.05) is 20.6 Å². The largest absolute Gasteiger partial charge is 0.347 e. The van der Waals surface area contributed by atoms with Crippen LogP contribution in [0.25, 0.3) is 0 Å². The summed E-state index contributed by atoms with van der Waals surface area (Å²) in [5, 5.41) is 2.42. The van der Waals surface area contributed by atoms with Crippen molar-refractivity contribution in [1.82, 2.24) is 10.2 Å². The van der Waals surface area contributed by atoms with E-state index in [1.807, 2.05) is 38.1 Å². The molecule has 0 aliphatic heterocycles. The van der Waals surface area contributed by atoms with E-state index in [1.54, 1.807) is 14.1 Å². The van der Waals surface area contributed by atoms with E-state index in [4.69, 9.17) is 0 Å². The van der Waals surface area contributed by atoms with Crippen LogP contribution in [0.3, 0.4) is 0 Å². The number of aryl methyl sites for hydroxylation is 1. The average Bonchev–Trinajstić information content (AvgIpc) is 2.37. The Hall–Kier alpha value is -1.49. The number of benzene rings is 1. The van der Waals surface area contributed by atoms with Crippen LogP contribution in [0.5, 0.6) is 0 Å². The minimum absolute atomic E-state index is 0.0463. The molecule has 1 N–H and O–H groups in total. The van der Waals surface area contributed by atoms with Gasteiger partial charge in [0.25, 0.3) is 0 Å². The molecule has 19 heavy (non-hydrogen) atoms. The van der Waals surface area contributed by atoms with Crippen LogP contribution in [-0.2, 0) is 9.59 Å². The number of hydrogen-bond donors (Lipinski definition) is 1. The van der Waals surface area contributed by atoms with Crippen LogP contribution in [0.2, 0.25) is 0 Å². The molecular weight excluding hydrogens is 260 g/mol. The molecule has 0 aliphatic carbocycles. The molecule has 104 valence electrons. The lowest BCUT2D eigenvalue weighted by Crippen LogP contribution is -2.39. The van der Waals surface area contributed by atoms with Crippen molar-refractivity contribution >= 4 is 23.6 Å². The second-order valence-electron chi connectivity index (χ2n) is 4.58. The summed E-state index contributed by atoms with van der Waals surface area (Å²) in [5.74, 6) is -0.235. The molecule has 0 aliphatic rings. The fraction of sp³-hybridized carbons (Fsp3) is 0.429. The van der Waals surface area contributed by atoms with Gasteiger partial charge in [0.15, 0.2) is 0 Å². The van der Waals surface area contributed by atoms with Crippen LogP contribution in [0.15, 0.2) is 29.2 Å². The van der Waals surface area contributed by atoms with Gasteiger partial charge in [-0.2, -0.15) is 0 Å². The summed E-state index contributed by atoms with van der Waals surface area (Å²) in [7, 11) is 3.33. The highest BCUT2D eigenvalue weighted by Gasteiger charge is 2.15. The van der Waals surface area contributed by atoms with Crippen LogP contribution in [0, 0.1) is 6.92 Å². The third-order valence-electron chi connectivity index (χ3n) is 2.62. The first-order valence-corrected chi connectivity index (χ1v) is 6.99. The Morgan fingerprint density at radius 1 is 1.26 bits per heavy atom. The Kier molecular flexibility index (Phi) is 5.89. The van der Waals surface area contributed by atoms with Crippen LogP contribution < -0.4 is 5.32 Å². The van der Waals surface area contributed by atoms with Crippen molar-refractivity contribution < 1.29 is 9.59 Å². The Morgan fingerprint density at radius 3 is 2.37 bits per heavy atom. The topological polar surface area (TPSA) is 49.4 Å². The number of carbonyl (C=O) groups excluding carboxylic acids is 2. The molecule has 0 heterocycles. The van der Waals surface area contributed by atoms with Gasteiger partial charge in [-0.05, 0) is 26.0 Å². The minimum atomic E-state index is -0.224. The lowest BCUT2D eigenvalue weighted by molar-refractivity contribution is -0.130. The molecule has 4 nitrogen and oxygen atoms in total. The molecule has 0 fully saturated rings. The number of likely N-dealkylation sites (N-methyl/N-ethyl adjacent to an activating group) is 1. The van der Waals surface area contributed by atoms with E-state index < -0.39 is 0 Å². The first-order chi connectivity index (χ1) is 8.90. The van der Waals surface area contributed by atoms with Crippen molar-refractivity contribution in [3.63, 3.8) is 0 Å². The maximum atomic E-state index is 11.8. The monoisotopic (exact) mass is 280 g/mol. The smallest absolute Gasteiger partial charge is 0.241 e. The van der Waals surface area contributed by atoms with Gasteiger partial charge in [-0.1, -0.05) is 17.7 Å². The van der Waals surface area contributed by atoms with E-state index in [9.17, 15) is 9.59 Å². The quantitative estimate of drug-likeness (QED) is 0.835. The van der Waals surface area contributed by atoms with Crippen molar-refractivity contribution in [2.45, 2.75) is 24.0 Å². The van der Waals surface area contributed by atoms with Gasteiger partial charge in [-0.15, -0.1) is 11.8 Å². The van der Waals surface area contributed by atoms with E-state index in [2.05, 4.69) is 5.32 Å². The molecule has 0 saturated heterocycles. The van der Waals surface area contributed by atoms with E-state index in [-0.39, 0.29) is 23.6 Å². The molecule has 1 atom stereocenters. The van der Waals surface area contributed by atoms with Gasteiger partial charge in [0.1, 0.15) is 0 Å². The van der Waals surface area contributed by atoms with Gasteiger partial charge in [0, 0.05) is 19.0 Å². The van der Waals surface area contributed by atoms with Crippen molar-refractivity contribution in [3.05, 3.63) is 29.8 Å². The molecule has 0 unspecified atom stereocenters. The second kappa shape index (κ2) is 7.19. The van der Waals surface area contributed by atoms with Crippen LogP contribution >= 0.6 is 11.8 Å². The van der Waals surface area contributed by atoms with Crippen molar-refractivity contribution in [2.24, 2.45) is 0 Å². The van der Waals surface area contributed by atoms with Crippen LogP contribution in [-0.4, -0.2) is 42.6 Å². The lowest BCUT2D eigenvalue weighted by Gasteiger charge is -2.14. The maximum absolute atomic E-state index is 11.8. The molecule has 0 saturated carbocycles. The van der Waals surface area contributed by atoms with Crippen molar-refractivity contribution in [1.29, 1.82) is 0 Å². The number of thioether (sulfide) groups is 1. The van der Waals surface area contributed by atoms with E-state index in [0.717, 1.165) is 4.90 Å². The van der Waals surface area contributed by atoms with Crippen molar-refractivity contribution in [3.8, 4) is 0 Å². The number of carbonyl (C=O) groups is 2. The molecule has 5 heteroatoms. The normalized spacial score (nSPS) is 11.8. The number of rotatable bonds is 5. The van der Waals surface area contributed by atoms with E-state index in [0.29, 0.717) is 0 Å².